The largest absolute Gasteiger partial charge is 0.336 e. The standard InChI is InChI=1S/C12H14ClN3O/c1-7(2)10(6-14)16-12(17)9-4-8(3)15-11(13)5-9/h4-5,7,10H,1-3H3,(H,16,17). The second-order valence-corrected chi connectivity index (χ2v) is 4.53. The predicted octanol–water partition coefficient (Wildman–Crippen LogP) is 2.32. The number of halogens is 1. The highest BCUT2D eigenvalue weighted by molar-refractivity contribution is 6.29. The van der Waals surface area contributed by atoms with E-state index < -0.39 is 6.04 Å². The average Bonchev–Trinajstić information content (AvgIpc) is 2.23. The maximum atomic E-state index is 11.9. The zero-order valence-electron chi connectivity index (χ0n) is 9.99. The van der Waals surface area contributed by atoms with Crippen molar-refractivity contribution in [3.05, 3.63) is 28.5 Å². The first-order valence-electron chi connectivity index (χ1n) is 5.28. The molecule has 1 N–H and O–H groups in total. The van der Waals surface area contributed by atoms with Gasteiger partial charge in [0.2, 0.25) is 0 Å². The van der Waals surface area contributed by atoms with Crippen molar-refractivity contribution in [1.82, 2.24) is 10.3 Å². The second kappa shape index (κ2) is 5.65. The van der Waals surface area contributed by atoms with Gasteiger partial charge < -0.3 is 5.32 Å². The third-order valence-corrected chi connectivity index (χ3v) is 2.47. The Bertz CT molecular complexity index is 445. The summed E-state index contributed by atoms with van der Waals surface area (Å²) in [6.45, 7) is 5.50. The summed E-state index contributed by atoms with van der Waals surface area (Å²) in [6, 6.07) is 4.67. The maximum Gasteiger partial charge on any atom is 0.252 e. The van der Waals surface area contributed by atoms with Crippen molar-refractivity contribution in [2.45, 2.75) is 26.8 Å². The Morgan fingerprint density at radius 2 is 2.18 bits per heavy atom. The molecule has 17 heavy (non-hydrogen) atoms. The molecule has 1 atom stereocenters. The van der Waals surface area contributed by atoms with Gasteiger partial charge in [0.05, 0.1) is 6.07 Å². The molecule has 1 heterocycles. The number of amides is 1. The fourth-order valence-corrected chi connectivity index (χ4v) is 1.58. The smallest absolute Gasteiger partial charge is 0.252 e. The highest BCUT2D eigenvalue weighted by atomic mass is 35.5. The molecule has 0 radical (unpaired) electrons. The lowest BCUT2D eigenvalue weighted by Gasteiger charge is -2.15. The van der Waals surface area contributed by atoms with Crippen LogP contribution in [-0.4, -0.2) is 16.9 Å². The molecule has 1 unspecified atom stereocenters. The lowest BCUT2D eigenvalue weighted by Crippen LogP contribution is -2.37. The maximum absolute atomic E-state index is 11.9. The first kappa shape index (κ1) is 13.5. The van der Waals surface area contributed by atoms with E-state index in [-0.39, 0.29) is 17.0 Å². The molecule has 0 fully saturated rings. The highest BCUT2D eigenvalue weighted by Gasteiger charge is 2.16. The first-order valence-corrected chi connectivity index (χ1v) is 5.66. The monoisotopic (exact) mass is 251 g/mol. The van der Waals surface area contributed by atoms with E-state index in [9.17, 15) is 4.79 Å². The topological polar surface area (TPSA) is 65.8 Å². The van der Waals surface area contributed by atoms with Gasteiger partial charge >= 0.3 is 0 Å². The minimum atomic E-state index is -0.505. The van der Waals surface area contributed by atoms with Crippen LogP contribution in [0.15, 0.2) is 12.1 Å². The summed E-state index contributed by atoms with van der Waals surface area (Å²) in [4.78, 5) is 15.8. The van der Waals surface area contributed by atoms with Crippen LogP contribution in [0, 0.1) is 24.2 Å². The van der Waals surface area contributed by atoms with Crippen LogP contribution in [0.4, 0.5) is 0 Å². The summed E-state index contributed by atoms with van der Waals surface area (Å²) in [5.41, 5.74) is 1.09. The number of nitrogens with one attached hydrogen (secondary N) is 1. The van der Waals surface area contributed by atoms with Crippen LogP contribution in [0.5, 0.6) is 0 Å². The van der Waals surface area contributed by atoms with E-state index in [1.54, 1.807) is 13.0 Å². The number of hydrogen-bond donors (Lipinski definition) is 1. The second-order valence-electron chi connectivity index (χ2n) is 4.14. The lowest BCUT2D eigenvalue weighted by atomic mass is 10.1. The van der Waals surface area contributed by atoms with Gasteiger partial charge in [0.15, 0.2) is 0 Å². The molecule has 1 amide bonds. The number of aryl methyl sites for hydroxylation is 1. The SMILES string of the molecule is Cc1cc(C(=O)NC(C#N)C(C)C)cc(Cl)n1. The van der Waals surface area contributed by atoms with Gasteiger partial charge in [0.1, 0.15) is 11.2 Å². The van der Waals surface area contributed by atoms with Gasteiger partial charge in [0.25, 0.3) is 5.91 Å². The van der Waals surface area contributed by atoms with Gasteiger partial charge in [-0.05, 0) is 25.0 Å². The lowest BCUT2D eigenvalue weighted by molar-refractivity contribution is 0.0937. The Morgan fingerprint density at radius 3 is 2.65 bits per heavy atom. The number of aromatic nitrogens is 1. The van der Waals surface area contributed by atoms with E-state index in [2.05, 4.69) is 16.4 Å². The van der Waals surface area contributed by atoms with Crippen LogP contribution >= 0.6 is 11.6 Å². The minimum absolute atomic E-state index is 0.0577. The van der Waals surface area contributed by atoms with Crippen LogP contribution in [0.3, 0.4) is 0 Å². The molecule has 0 saturated heterocycles. The van der Waals surface area contributed by atoms with Gasteiger partial charge in [0, 0.05) is 11.3 Å². The van der Waals surface area contributed by atoms with E-state index in [1.165, 1.54) is 6.07 Å². The number of nitriles is 1. The molecule has 4 nitrogen and oxygen atoms in total. The molecule has 5 heteroatoms. The first-order chi connectivity index (χ1) is 7.93. The molecule has 1 aromatic rings. The van der Waals surface area contributed by atoms with Gasteiger partial charge in [-0.25, -0.2) is 4.98 Å². The molecule has 0 aliphatic heterocycles. The van der Waals surface area contributed by atoms with Crippen LogP contribution < -0.4 is 5.32 Å². The molecular weight excluding hydrogens is 238 g/mol. The van der Waals surface area contributed by atoms with Crippen LogP contribution in [0.1, 0.15) is 29.9 Å². The summed E-state index contributed by atoms with van der Waals surface area (Å²) >= 11 is 5.77. The number of hydrogen-bond acceptors (Lipinski definition) is 3. The Morgan fingerprint density at radius 1 is 1.53 bits per heavy atom. The third kappa shape index (κ3) is 3.72. The normalized spacial score (nSPS) is 12.0. The van der Waals surface area contributed by atoms with Crippen molar-refractivity contribution in [2.24, 2.45) is 5.92 Å². The Balaban J connectivity index is 2.87. The van der Waals surface area contributed by atoms with Crippen molar-refractivity contribution >= 4 is 17.5 Å². The molecule has 90 valence electrons. The fourth-order valence-electron chi connectivity index (χ4n) is 1.33. The molecule has 0 bridgehead atoms. The van der Waals surface area contributed by atoms with Crippen molar-refractivity contribution in [3.63, 3.8) is 0 Å². The van der Waals surface area contributed by atoms with Crippen LogP contribution in [0.25, 0.3) is 0 Å². The van der Waals surface area contributed by atoms with Gasteiger partial charge in [-0.1, -0.05) is 25.4 Å². The van der Waals surface area contributed by atoms with Crippen molar-refractivity contribution in [2.75, 3.05) is 0 Å². The van der Waals surface area contributed by atoms with Gasteiger partial charge in [-0.15, -0.1) is 0 Å². The molecule has 0 spiro atoms. The predicted molar refractivity (Wildman–Crippen MR) is 65.7 cm³/mol. The molecule has 1 rings (SSSR count). The number of nitrogens with zero attached hydrogens (tertiary/aromatic N) is 2. The molecule has 0 aliphatic rings. The Hall–Kier alpha value is -1.60. The molecule has 1 aromatic heterocycles. The summed E-state index contributed by atoms with van der Waals surface area (Å²) in [5.74, 6) is -0.250. The van der Waals surface area contributed by atoms with Crippen LogP contribution in [-0.2, 0) is 0 Å². The van der Waals surface area contributed by atoms with Crippen molar-refractivity contribution in [3.8, 4) is 6.07 Å². The number of rotatable bonds is 3. The summed E-state index contributed by atoms with van der Waals surface area (Å²) in [6.07, 6.45) is 0. The van der Waals surface area contributed by atoms with E-state index in [0.717, 1.165) is 0 Å². The van der Waals surface area contributed by atoms with Crippen molar-refractivity contribution < 1.29 is 4.79 Å². The number of pyridine rings is 1. The van der Waals surface area contributed by atoms with Crippen molar-refractivity contribution in [1.29, 1.82) is 5.26 Å². The molecular formula is C12H14ClN3O. The van der Waals surface area contributed by atoms with Gasteiger partial charge in [-0.3, -0.25) is 4.79 Å². The Kier molecular flexibility index (Phi) is 4.47. The van der Waals surface area contributed by atoms with E-state index in [1.807, 2.05) is 13.8 Å². The average molecular weight is 252 g/mol. The zero-order valence-corrected chi connectivity index (χ0v) is 10.7. The zero-order chi connectivity index (χ0) is 13.0. The summed E-state index contributed by atoms with van der Waals surface area (Å²) < 4.78 is 0. The van der Waals surface area contributed by atoms with E-state index >= 15 is 0 Å². The summed E-state index contributed by atoms with van der Waals surface area (Å²) in [7, 11) is 0. The third-order valence-electron chi connectivity index (χ3n) is 2.28. The van der Waals surface area contributed by atoms with Crippen LogP contribution in [0.2, 0.25) is 5.15 Å². The molecule has 0 saturated carbocycles. The fraction of sp³-hybridized carbons (Fsp3) is 0.417. The van der Waals surface area contributed by atoms with E-state index in [0.29, 0.717) is 11.3 Å². The molecule has 0 aliphatic carbocycles. The minimum Gasteiger partial charge on any atom is -0.336 e. The number of carbonyl (C=O) groups excluding carboxylic acids is 1. The Labute approximate surface area is 106 Å². The van der Waals surface area contributed by atoms with Gasteiger partial charge in [-0.2, -0.15) is 5.26 Å². The molecule has 0 aromatic carbocycles. The summed E-state index contributed by atoms with van der Waals surface area (Å²) in [5, 5.41) is 11.8. The highest BCUT2D eigenvalue weighted by Crippen LogP contribution is 2.11. The quantitative estimate of drug-likeness (QED) is 0.839. The number of carbonyl (C=O) groups is 1. The van der Waals surface area contributed by atoms with E-state index in [4.69, 9.17) is 16.9 Å².